The van der Waals surface area contributed by atoms with Gasteiger partial charge < -0.3 is 49.6 Å². The van der Waals surface area contributed by atoms with E-state index in [4.69, 9.17) is 24.7 Å². The first-order valence-corrected chi connectivity index (χ1v) is 21.6. The van der Waals surface area contributed by atoms with E-state index >= 15 is 0 Å². The number of nitrogens with one attached hydrogen (secondary N) is 1. The second-order valence-electron chi connectivity index (χ2n) is 15.8. The molecule has 4 aromatic carbocycles. The number of nitrogens with zero attached hydrogens (tertiary/aromatic N) is 6. The number of hydrogen-bond acceptors (Lipinski definition) is 12. The van der Waals surface area contributed by atoms with Gasteiger partial charge in [-0.25, -0.2) is 28.0 Å². The normalized spacial score (nSPS) is 18.3. The predicted octanol–water partition coefficient (Wildman–Crippen LogP) is 5.56. The number of anilines is 4. The van der Waals surface area contributed by atoms with Crippen molar-refractivity contribution in [2.75, 3.05) is 98.1 Å². The van der Waals surface area contributed by atoms with Crippen LogP contribution in [0.3, 0.4) is 0 Å². The van der Waals surface area contributed by atoms with Gasteiger partial charge in [-0.15, -0.1) is 0 Å². The van der Waals surface area contributed by atoms with E-state index in [0.717, 1.165) is 11.1 Å². The lowest BCUT2D eigenvalue weighted by molar-refractivity contribution is -0.132. The number of cyclic esters (lactones) is 2. The number of piperazine rings is 2. The molecule has 0 spiro atoms. The van der Waals surface area contributed by atoms with Crippen LogP contribution in [0.5, 0.6) is 0 Å². The highest BCUT2D eigenvalue weighted by atomic mass is 19.3. The minimum absolute atomic E-state index is 0.0229. The SMILES string of the molecule is NC[C@H]1CN(c2ccc(N3CCN(C(=O)OCc4ccccc4)CC3)c(F)c2)C(=O)O1.O=C(NC[C@H]1CN(c2ccc(N3CCN(C(=O)OCc4ccccc4)CC3)c(F)c2)C(=O)O1)C(F)F. The Morgan fingerprint density at radius 1 is 0.627 bits per heavy atom. The van der Waals surface area contributed by atoms with Crippen molar-refractivity contribution in [1.29, 1.82) is 0 Å². The van der Waals surface area contributed by atoms with Gasteiger partial charge in [-0.2, -0.15) is 8.78 Å². The van der Waals surface area contributed by atoms with E-state index in [1.807, 2.05) is 70.9 Å². The molecule has 3 N–H and O–H groups in total. The summed E-state index contributed by atoms with van der Waals surface area (Å²) >= 11 is 0. The maximum Gasteiger partial charge on any atom is 0.414 e. The fourth-order valence-corrected chi connectivity index (χ4v) is 7.71. The van der Waals surface area contributed by atoms with Gasteiger partial charge in [0.2, 0.25) is 0 Å². The van der Waals surface area contributed by atoms with Gasteiger partial charge >= 0.3 is 30.8 Å². The fourth-order valence-electron chi connectivity index (χ4n) is 7.71. The van der Waals surface area contributed by atoms with Crippen molar-refractivity contribution in [3.05, 3.63) is 120 Å². The Hall–Kier alpha value is -7.29. The van der Waals surface area contributed by atoms with Crippen LogP contribution in [0.1, 0.15) is 11.1 Å². The minimum Gasteiger partial charge on any atom is -0.445 e. The van der Waals surface area contributed by atoms with E-state index in [0.29, 0.717) is 76.0 Å². The first-order chi connectivity index (χ1) is 32.4. The zero-order valence-electron chi connectivity index (χ0n) is 36.3. The summed E-state index contributed by atoms with van der Waals surface area (Å²) in [5.41, 5.74) is 8.80. The van der Waals surface area contributed by atoms with E-state index < -0.39 is 48.4 Å². The molecule has 5 amide bonds. The number of amides is 5. The summed E-state index contributed by atoms with van der Waals surface area (Å²) in [6.45, 7) is 3.98. The molecule has 0 aromatic heterocycles. The van der Waals surface area contributed by atoms with E-state index in [2.05, 4.69) is 0 Å². The van der Waals surface area contributed by atoms with Gasteiger partial charge in [0, 0.05) is 58.9 Å². The average Bonchev–Trinajstić information content (AvgIpc) is 3.93. The molecule has 356 valence electrons. The summed E-state index contributed by atoms with van der Waals surface area (Å²) in [6.07, 6.45) is -6.47. The first-order valence-electron chi connectivity index (χ1n) is 21.6. The highest BCUT2D eigenvalue weighted by Crippen LogP contribution is 2.30. The molecular weight excluding hydrogens is 885 g/mol. The van der Waals surface area contributed by atoms with Gasteiger partial charge in [-0.1, -0.05) is 60.7 Å². The van der Waals surface area contributed by atoms with Gasteiger partial charge in [0.1, 0.15) is 37.1 Å². The summed E-state index contributed by atoms with van der Waals surface area (Å²) in [7, 11) is 0. The van der Waals surface area contributed by atoms with E-state index in [1.54, 1.807) is 32.9 Å². The van der Waals surface area contributed by atoms with Gasteiger partial charge in [-0.3, -0.25) is 14.6 Å². The number of hydrogen-bond donors (Lipinski definition) is 2. The Kier molecular flexibility index (Phi) is 15.8. The van der Waals surface area contributed by atoms with Crippen LogP contribution >= 0.6 is 0 Å². The van der Waals surface area contributed by atoms with Crippen molar-refractivity contribution in [3.63, 3.8) is 0 Å². The lowest BCUT2D eigenvalue weighted by Crippen LogP contribution is -2.49. The monoisotopic (exact) mass is 934 g/mol. The van der Waals surface area contributed by atoms with E-state index in [-0.39, 0.29) is 50.7 Å². The Morgan fingerprint density at radius 2 is 1.04 bits per heavy atom. The topological polar surface area (TPSA) is 180 Å². The van der Waals surface area contributed by atoms with Gasteiger partial charge in [-0.05, 0) is 47.5 Å². The van der Waals surface area contributed by atoms with Crippen LogP contribution in [0.25, 0.3) is 0 Å². The Balaban J connectivity index is 0.000000201. The summed E-state index contributed by atoms with van der Waals surface area (Å²) in [6, 6.07) is 27.8. The Labute approximate surface area is 383 Å². The largest absolute Gasteiger partial charge is 0.445 e. The molecule has 4 fully saturated rings. The van der Waals surface area contributed by atoms with Gasteiger partial charge in [0.05, 0.1) is 42.4 Å². The van der Waals surface area contributed by atoms with Gasteiger partial charge in [0.25, 0.3) is 5.91 Å². The molecule has 0 unspecified atom stereocenters. The number of ether oxygens (including phenoxy) is 4. The van der Waals surface area contributed by atoms with Crippen LogP contribution < -0.4 is 30.7 Å². The van der Waals surface area contributed by atoms with Crippen molar-refractivity contribution in [2.24, 2.45) is 5.73 Å². The summed E-state index contributed by atoms with van der Waals surface area (Å²) < 4.78 is 75.3. The van der Waals surface area contributed by atoms with Crippen molar-refractivity contribution < 1.29 is 60.5 Å². The summed E-state index contributed by atoms with van der Waals surface area (Å²) in [5.74, 6) is -2.44. The van der Waals surface area contributed by atoms with Crippen LogP contribution in [0.2, 0.25) is 0 Å². The number of alkyl halides is 2. The third kappa shape index (κ3) is 12.3. The van der Waals surface area contributed by atoms with Crippen LogP contribution in [0.4, 0.5) is 59.5 Å². The molecule has 0 aliphatic carbocycles. The molecule has 4 heterocycles. The van der Waals surface area contributed by atoms with Crippen molar-refractivity contribution in [3.8, 4) is 0 Å². The number of nitrogens with two attached hydrogens (primary N) is 1. The molecule has 0 radical (unpaired) electrons. The van der Waals surface area contributed by atoms with Crippen LogP contribution in [0, 0.1) is 11.6 Å². The molecule has 4 aliphatic heterocycles. The maximum absolute atomic E-state index is 15.0. The molecular formula is C46H50F4N8O9. The summed E-state index contributed by atoms with van der Waals surface area (Å²) in [5, 5.41) is 2.00. The average molecular weight is 935 g/mol. The van der Waals surface area contributed by atoms with Gasteiger partial charge in [0.15, 0.2) is 0 Å². The number of carbonyl (C=O) groups excluding carboxylic acids is 5. The second-order valence-corrected chi connectivity index (χ2v) is 15.8. The number of carbonyl (C=O) groups is 5. The van der Waals surface area contributed by atoms with Crippen LogP contribution in [-0.4, -0.2) is 137 Å². The number of rotatable bonds is 12. The Bertz CT molecular complexity index is 2360. The van der Waals surface area contributed by atoms with E-state index in [9.17, 15) is 41.5 Å². The molecule has 2 atom stereocenters. The molecule has 4 saturated heterocycles. The second kappa shape index (κ2) is 22.3. The molecule has 21 heteroatoms. The predicted molar refractivity (Wildman–Crippen MR) is 237 cm³/mol. The highest BCUT2D eigenvalue weighted by molar-refractivity contribution is 5.91. The third-order valence-electron chi connectivity index (χ3n) is 11.4. The molecule has 8 rings (SSSR count). The zero-order chi connectivity index (χ0) is 47.5. The van der Waals surface area contributed by atoms with E-state index in [1.165, 1.54) is 28.0 Å². The number of halogens is 4. The standard InChI is InChI=1S/C24H25F3N4O5.C22H25FN4O4/c25-19-12-17(31-14-18(36-24(31)34)13-28-22(32)21(26)27)6-7-20(19)29-8-10-30(11-9-29)23(33)35-15-16-4-2-1-3-5-16;23-19-12-17(27-14-18(13-24)31-22(27)29)6-7-20(19)25-8-10-26(11-9-25)21(28)30-15-16-4-2-1-3-5-16/h1-7,12,18,21H,8-11,13-15H2,(H,28,32);1-7,12,18H,8-11,13-15,24H2/t2*18-/m00/s1. The first kappa shape index (κ1) is 47.7. The minimum atomic E-state index is -3.17. The molecule has 4 aromatic rings. The lowest BCUT2D eigenvalue weighted by atomic mass is 10.2. The fraction of sp³-hybridized carbons (Fsp3) is 0.370. The molecule has 4 aliphatic rings. The smallest absolute Gasteiger partial charge is 0.414 e. The van der Waals surface area contributed by atoms with Crippen LogP contribution in [0.15, 0.2) is 97.1 Å². The molecule has 0 saturated carbocycles. The molecule has 67 heavy (non-hydrogen) atoms. The highest BCUT2D eigenvalue weighted by Gasteiger charge is 2.35. The Morgan fingerprint density at radius 3 is 1.43 bits per heavy atom. The molecule has 17 nitrogen and oxygen atoms in total. The van der Waals surface area contributed by atoms with Crippen molar-refractivity contribution >= 4 is 53.0 Å². The maximum atomic E-state index is 15.0. The van der Waals surface area contributed by atoms with Crippen LogP contribution in [-0.2, 0) is 37.0 Å². The number of benzene rings is 4. The zero-order valence-corrected chi connectivity index (χ0v) is 36.3. The quantitative estimate of drug-likeness (QED) is 0.134. The third-order valence-corrected chi connectivity index (χ3v) is 11.4. The van der Waals surface area contributed by atoms with Crippen molar-refractivity contribution in [2.45, 2.75) is 31.8 Å². The molecule has 0 bridgehead atoms. The summed E-state index contributed by atoms with van der Waals surface area (Å²) in [4.78, 5) is 69.2. The lowest BCUT2D eigenvalue weighted by Gasteiger charge is -2.35. The van der Waals surface area contributed by atoms with Crippen molar-refractivity contribution in [1.82, 2.24) is 15.1 Å².